The van der Waals surface area contributed by atoms with Crippen molar-refractivity contribution in [2.75, 3.05) is 37.7 Å². The quantitative estimate of drug-likeness (QED) is 0.789. The molecule has 1 aromatic heterocycles. The normalized spacial score (nSPS) is 19.5. The average Bonchev–Trinajstić information content (AvgIpc) is 3.15. The molecule has 8 nitrogen and oxygen atoms in total. The topological polar surface area (TPSA) is 80.9 Å². The third-order valence-corrected chi connectivity index (χ3v) is 4.77. The third kappa shape index (κ3) is 3.90. The van der Waals surface area contributed by atoms with Gasteiger partial charge in [0.2, 0.25) is 5.89 Å². The first-order valence-corrected chi connectivity index (χ1v) is 9.43. The van der Waals surface area contributed by atoms with Gasteiger partial charge in [0.05, 0.1) is 32.0 Å². The van der Waals surface area contributed by atoms with Crippen LogP contribution in [0.25, 0.3) is 0 Å². The number of ether oxygens (including phenoxy) is 2. The third-order valence-electron chi connectivity index (χ3n) is 4.77. The molecule has 1 fully saturated rings. The highest BCUT2D eigenvalue weighted by atomic mass is 16.5. The molecule has 3 heterocycles. The van der Waals surface area contributed by atoms with E-state index in [-0.39, 0.29) is 5.91 Å². The van der Waals surface area contributed by atoms with Gasteiger partial charge >= 0.3 is 0 Å². The van der Waals surface area contributed by atoms with Gasteiger partial charge in [0.15, 0.2) is 11.9 Å². The van der Waals surface area contributed by atoms with E-state index in [1.807, 2.05) is 29.2 Å². The van der Waals surface area contributed by atoms with Crippen LogP contribution in [0.4, 0.5) is 5.69 Å². The summed E-state index contributed by atoms with van der Waals surface area (Å²) in [6.07, 6.45) is 1.17. The van der Waals surface area contributed by atoms with Crippen LogP contribution in [0.5, 0.6) is 5.75 Å². The van der Waals surface area contributed by atoms with Crippen molar-refractivity contribution < 1.29 is 18.8 Å². The first-order chi connectivity index (χ1) is 13.2. The maximum Gasteiger partial charge on any atom is 0.265 e. The Morgan fingerprint density at radius 1 is 1.26 bits per heavy atom. The fraction of sp³-hybridized carbons (Fsp3) is 0.526. The summed E-state index contributed by atoms with van der Waals surface area (Å²) in [4.78, 5) is 21.3. The van der Waals surface area contributed by atoms with Crippen LogP contribution in [0.1, 0.15) is 25.1 Å². The van der Waals surface area contributed by atoms with Crippen LogP contribution in [-0.2, 0) is 22.5 Å². The fourth-order valence-electron chi connectivity index (χ4n) is 3.41. The molecule has 0 spiro atoms. The number of hydrogen-bond acceptors (Lipinski definition) is 7. The Hall–Kier alpha value is -2.61. The highest BCUT2D eigenvalue weighted by molar-refractivity contribution is 5.83. The van der Waals surface area contributed by atoms with Gasteiger partial charge in [0.1, 0.15) is 5.75 Å². The van der Waals surface area contributed by atoms with Gasteiger partial charge in [-0.05, 0) is 18.6 Å². The number of aromatic nitrogens is 2. The summed E-state index contributed by atoms with van der Waals surface area (Å²) in [6.45, 7) is 5.34. The van der Waals surface area contributed by atoms with Gasteiger partial charge in [-0.2, -0.15) is 4.98 Å². The monoisotopic (exact) mass is 372 g/mol. The number of aryl methyl sites for hydroxylation is 1. The van der Waals surface area contributed by atoms with Crippen LogP contribution in [0.15, 0.2) is 28.8 Å². The van der Waals surface area contributed by atoms with Crippen molar-refractivity contribution in [2.45, 2.75) is 32.4 Å². The second kappa shape index (κ2) is 7.96. The lowest BCUT2D eigenvalue weighted by molar-refractivity contribution is -0.142. The first kappa shape index (κ1) is 17.8. The number of para-hydroxylation sites is 2. The minimum absolute atomic E-state index is 0.00223. The van der Waals surface area contributed by atoms with Crippen molar-refractivity contribution in [3.63, 3.8) is 0 Å². The number of carbonyl (C=O) groups excluding carboxylic acids is 1. The van der Waals surface area contributed by atoms with Crippen LogP contribution >= 0.6 is 0 Å². The van der Waals surface area contributed by atoms with Gasteiger partial charge < -0.3 is 23.8 Å². The van der Waals surface area contributed by atoms with E-state index in [0.29, 0.717) is 56.9 Å². The lowest BCUT2D eigenvalue weighted by Crippen LogP contribution is -2.52. The van der Waals surface area contributed by atoms with Gasteiger partial charge in [0.25, 0.3) is 5.91 Å². The molecule has 8 heteroatoms. The molecule has 0 radical (unpaired) electrons. The number of amides is 1. The van der Waals surface area contributed by atoms with Crippen LogP contribution in [0.3, 0.4) is 0 Å². The van der Waals surface area contributed by atoms with Crippen molar-refractivity contribution in [1.29, 1.82) is 0 Å². The number of rotatable bonds is 5. The highest BCUT2D eigenvalue weighted by Crippen LogP contribution is 2.34. The molecule has 1 amide bonds. The van der Waals surface area contributed by atoms with Crippen molar-refractivity contribution in [1.82, 2.24) is 15.0 Å². The molecule has 0 N–H and O–H groups in total. The van der Waals surface area contributed by atoms with E-state index in [2.05, 4.69) is 22.0 Å². The lowest BCUT2D eigenvalue weighted by Gasteiger charge is -2.37. The standard InChI is InChI=1S/C19H24N4O4/c1-2-5-18-20-17(21-27-18)13-23-12-16(19(24)22-8-10-25-11-9-22)26-15-7-4-3-6-14(15)23/h3-4,6-7,16H,2,5,8-13H2,1H3. The van der Waals surface area contributed by atoms with Crippen molar-refractivity contribution in [3.8, 4) is 5.75 Å². The summed E-state index contributed by atoms with van der Waals surface area (Å²) in [7, 11) is 0. The molecule has 2 aliphatic rings. The molecule has 1 saturated heterocycles. The maximum absolute atomic E-state index is 12.9. The van der Waals surface area contributed by atoms with Gasteiger partial charge in [-0.3, -0.25) is 4.79 Å². The highest BCUT2D eigenvalue weighted by Gasteiger charge is 2.34. The number of hydrogen-bond donors (Lipinski definition) is 0. The Bertz CT molecular complexity index is 788. The Kier molecular flexibility index (Phi) is 5.24. The van der Waals surface area contributed by atoms with Gasteiger partial charge in [-0.15, -0.1) is 0 Å². The number of benzene rings is 1. The van der Waals surface area contributed by atoms with Gasteiger partial charge in [-0.25, -0.2) is 0 Å². The van der Waals surface area contributed by atoms with E-state index in [4.69, 9.17) is 14.0 Å². The van der Waals surface area contributed by atoms with E-state index < -0.39 is 6.10 Å². The Morgan fingerprint density at radius 3 is 2.89 bits per heavy atom. The van der Waals surface area contributed by atoms with Crippen molar-refractivity contribution in [2.24, 2.45) is 0 Å². The molecule has 4 rings (SSSR count). The molecule has 1 atom stereocenters. The minimum Gasteiger partial charge on any atom is -0.477 e. The molecule has 0 aliphatic carbocycles. The van der Waals surface area contributed by atoms with E-state index in [0.717, 1.165) is 18.5 Å². The zero-order valence-electron chi connectivity index (χ0n) is 15.5. The Labute approximate surface area is 158 Å². The van der Waals surface area contributed by atoms with Crippen LogP contribution in [-0.4, -0.2) is 59.9 Å². The summed E-state index contributed by atoms with van der Waals surface area (Å²) in [6, 6.07) is 7.74. The average molecular weight is 372 g/mol. The summed E-state index contributed by atoms with van der Waals surface area (Å²) < 4.78 is 16.7. The lowest BCUT2D eigenvalue weighted by atomic mass is 10.1. The van der Waals surface area contributed by atoms with E-state index in [1.165, 1.54) is 0 Å². The maximum atomic E-state index is 12.9. The molecule has 2 aromatic rings. The Balaban J connectivity index is 1.53. The summed E-state index contributed by atoms with van der Waals surface area (Å²) >= 11 is 0. The summed E-state index contributed by atoms with van der Waals surface area (Å²) in [5.74, 6) is 1.97. The predicted molar refractivity (Wildman–Crippen MR) is 97.6 cm³/mol. The van der Waals surface area contributed by atoms with E-state index in [1.54, 1.807) is 0 Å². The SMILES string of the molecule is CCCc1nc(CN2CC(C(=O)N3CCOCC3)Oc3ccccc32)no1. The molecular weight excluding hydrogens is 348 g/mol. The number of carbonyl (C=O) groups is 1. The second-order valence-electron chi connectivity index (χ2n) is 6.75. The predicted octanol–water partition coefficient (Wildman–Crippen LogP) is 1.65. The Morgan fingerprint density at radius 2 is 2.07 bits per heavy atom. The molecule has 27 heavy (non-hydrogen) atoms. The zero-order valence-corrected chi connectivity index (χ0v) is 15.5. The van der Waals surface area contributed by atoms with Crippen LogP contribution < -0.4 is 9.64 Å². The number of anilines is 1. The summed E-state index contributed by atoms with van der Waals surface area (Å²) in [5, 5.41) is 4.08. The molecule has 2 aliphatic heterocycles. The summed E-state index contributed by atoms with van der Waals surface area (Å²) in [5.41, 5.74) is 0.936. The molecule has 0 saturated carbocycles. The van der Waals surface area contributed by atoms with Crippen molar-refractivity contribution >= 4 is 11.6 Å². The molecule has 1 aromatic carbocycles. The second-order valence-corrected chi connectivity index (χ2v) is 6.75. The zero-order chi connectivity index (χ0) is 18.6. The van der Waals surface area contributed by atoms with E-state index in [9.17, 15) is 4.79 Å². The largest absolute Gasteiger partial charge is 0.477 e. The molecule has 144 valence electrons. The number of nitrogens with zero attached hydrogens (tertiary/aromatic N) is 4. The minimum atomic E-state index is -0.556. The number of fused-ring (bicyclic) bond motifs is 1. The molecule has 0 bridgehead atoms. The first-order valence-electron chi connectivity index (χ1n) is 9.43. The van der Waals surface area contributed by atoms with Crippen LogP contribution in [0.2, 0.25) is 0 Å². The van der Waals surface area contributed by atoms with Gasteiger partial charge in [0, 0.05) is 19.5 Å². The number of morpholine rings is 1. The van der Waals surface area contributed by atoms with Crippen LogP contribution in [0, 0.1) is 0 Å². The molecular formula is C19H24N4O4. The molecule has 1 unspecified atom stereocenters. The van der Waals surface area contributed by atoms with Crippen molar-refractivity contribution in [3.05, 3.63) is 36.0 Å². The van der Waals surface area contributed by atoms with E-state index >= 15 is 0 Å². The smallest absolute Gasteiger partial charge is 0.265 e. The fourth-order valence-corrected chi connectivity index (χ4v) is 3.41. The van der Waals surface area contributed by atoms with Gasteiger partial charge in [-0.1, -0.05) is 24.2 Å².